The van der Waals surface area contributed by atoms with Gasteiger partial charge in [0.15, 0.2) is 0 Å². The number of aryl methyl sites for hydroxylation is 2. The molecule has 146 valence electrons. The molecule has 2 N–H and O–H groups in total. The molecule has 0 atom stereocenters. The first-order chi connectivity index (χ1) is 12.9. The molecular formula is C20H28N4O3. The first kappa shape index (κ1) is 19.2. The van der Waals surface area contributed by atoms with E-state index in [-0.39, 0.29) is 23.6 Å². The second-order valence-corrected chi connectivity index (χ2v) is 7.09. The number of nitrogens with zero attached hydrogens (tertiary/aromatic N) is 3. The molecular weight excluding hydrogens is 344 g/mol. The van der Waals surface area contributed by atoms with Gasteiger partial charge in [0, 0.05) is 19.6 Å². The summed E-state index contributed by atoms with van der Waals surface area (Å²) in [7, 11) is 0. The number of nitrogens with two attached hydrogens (primary N) is 1. The third-order valence-electron chi connectivity index (χ3n) is 5.05. The number of morpholine rings is 1. The van der Waals surface area contributed by atoms with E-state index in [1.54, 1.807) is 0 Å². The molecule has 1 aliphatic heterocycles. The van der Waals surface area contributed by atoms with E-state index in [1.165, 1.54) is 9.13 Å². The van der Waals surface area contributed by atoms with Gasteiger partial charge in [0.05, 0.1) is 19.8 Å². The zero-order chi connectivity index (χ0) is 19.6. The highest BCUT2D eigenvalue weighted by Crippen LogP contribution is 2.19. The van der Waals surface area contributed by atoms with Crippen LogP contribution in [-0.2, 0) is 17.8 Å². The van der Waals surface area contributed by atoms with Crippen LogP contribution < -0.4 is 21.9 Å². The van der Waals surface area contributed by atoms with Crippen LogP contribution in [0.1, 0.15) is 30.0 Å². The summed E-state index contributed by atoms with van der Waals surface area (Å²) in [6.07, 6.45) is 0.758. The summed E-state index contributed by atoms with van der Waals surface area (Å²) < 4.78 is 8.24. The van der Waals surface area contributed by atoms with Gasteiger partial charge in [0.25, 0.3) is 5.56 Å². The van der Waals surface area contributed by atoms with Crippen LogP contribution in [-0.4, -0.2) is 35.4 Å². The Bertz CT molecular complexity index is 939. The predicted octanol–water partition coefficient (Wildman–Crippen LogP) is 1.50. The van der Waals surface area contributed by atoms with Gasteiger partial charge in [0.2, 0.25) is 0 Å². The molecule has 2 heterocycles. The highest BCUT2D eigenvalue weighted by Gasteiger charge is 2.23. The van der Waals surface area contributed by atoms with E-state index in [2.05, 4.69) is 0 Å². The van der Waals surface area contributed by atoms with E-state index in [4.69, 9.17) is 10.5 Å². The second-order valence-electron chi connectivity index (χ2n) is 7.09. The lowest BCUT2D eigenvalue weighted by molar-refractivity contribution is 0.122. The minimum absolute atomic E-state index is 0.243. The summed E-state index contributed by atoms with van der Waals surface area (Å²) in [6.45, 7) is 8.97. The van der Waals surface area contributed by atoms with Gasteiger partial charge < -0.3 is 15.4 Å². The van der Waals surface area contributed by atoms with Crippen molar-refractivity contribution in [2.75, 3.05) is 36.9 Å². The van der Waals surface area contributed by atoms with Crippen LogP contribution in [0.25, 0.3) is 0 Å². The van der Waals surface area contributed by atoms with Gasteiger partial charge >= 0.3 is 5.69 Å². The predicted molar refractivity (Wildman–Crippen MR) is 108 cm³/mol. The zero-order valence-corrected chi connectivity index (χ0v) is 16.3. The quantitative estimate of drug-likeness (QED) is 0.860. The smallest absolute Gasteiger partial charge is 0.332 e. The summed E-state index contributed by atoms with van der Waals surface area (Å²) in [4.78, 5) is 28.2. The van der Waals surface area contributed by atoms with E-state index in [0.717, 1.165) is 23.1 Å². The van der Waals surface area contributed by atoms with Gasteiger partial charge in [-0.15, -0.1) is 0 Å². The Morgan fingerprint density at radius 2 is 1.81 bits per heavy atom. The Morgan fingerprint density at radius 1 is 1.11 bits per heavy atom. The van der Waals surface area contributed by atoms with Gasteiger partial charge in [-0.25, -0.2) is 4.79 Å². The lowest BCUT2D eigenvalue weighted by atomic mass is 10.1. The van der Waals surface area contributed by atoms with Crippen molar-refractivity contribution >= 4 is 11.5 Å². The van der Waals surface area contributed by atoms with Crippen LogP contribution in [0.4, 0.5) is 11.5 Å². The van der Waals surface area contributed by atoms with Crippen molar-refractivity contribution in [1.29, 1.82) is 0 Å². The standard InChI is InChI=1S/C20H28N4O3/c1-4-7-23-18(21)17(22-8-10-27-11-9-22)19(25)24(20(23)26)13-16-12-14(2)5-6-15(16)3/h5-6,12H,4,7-11,13,21H2,1-3H3. The lowest BCUT2D eigenvalue weighted by Gasteiger charge is -2.30. The van der Waals surface area contributed by atoms with E-state index in [9.17, 15) is 9.59 Å². The molecule has 0 radical (unpaired) electrons. The number of ether oxygens (including phenoxy) is 1. The lowest BCUT2D eigenvalue weighted by Crippen LogP contribution is -2.47. The monoisotopic (exact) mass is 372 g/mol. The van der Waals surface area contributed by atoms with Crippen LogP contribution in [0.2, 0.25) is 0 Å². The number of hydrogen-bond donors (Lipinski definition) is 1. The van der Waals surface area contributed by atoms with Gasteiger partial charge in [0.1, 0.15) is 11.5 Å². The van der Waals surface area contributed by atoms with Crippen molar-refractivity contribution in [3.8, 4) is 0 Å². The second kappa shape index (κ2) is 8.00. The topological polar surface area (TPSA) is 82.5 Å². The highest BCUT2D eigenvalue weighted by molar-refractivity contribution is 5.63. The average Bonchev–Trinajstić information content (AvgIpc) is 2.66. The number of benzene rings is 1. The van der Waals surface area contributed by atoms with Crippen LogP contribution in [0.5, 0.6) is 0 Å². The molecule has 0 bridgehead atoms. The maximum absolute atomic E-state index is 13.3. The molecule has 0 amide bonds. The minimum atomic E-state index is -0.350. The summed E-state index contributed by atoms with van der Waals surface area (Å²) >= 11 is 0. The van der Waals surface area contributed by atoms with Crippen molar-refractivity contribution in [2.45, 2.75) is 40.3 Å². The summed E-state index contributed by atoms with van der Waals surface area (Å²) in [6, 6.07) is 6.07. The molecule has 1 saturated heterocycles. The van der Waals surface area contributed by atoms with E-state index < -0.39 is 0 Å². The highest BCUT2D eigenvalue weighted by atomic mass is 16.5. The minimum Gasteiger partial charge on any atom is -0.383 e. The largest absolute Gasteiger partial charge is 0.383 e. The van der Waals surface area contributed by atoms with Crippen LogP contribution in [0.3, 0.4) is 0 Å². The zero-order valence-electron chi connectivity index (χ0n) is 16.3. The van der Waals surface area contributed by atoms with Gasteiger partial charge in [-0.2, -0.15) is 0 Å². The molecule has 1 fully saturated rings. The maximum atomic E-state index is 13.3. The Balaban J connectivity index is 2.17. The van der Waals surface area contributed by atoms with Gasteiger partial charge in [-0.05, 0) is 31.4 Å². The van der Waals surface area contributed by atoms with E-state index in [1.807, 2.05) is 43.9 Å². The van der Waals surface area contributed by atoms with E-state index >= 15 is 0 Å². The Labute approximate surface area is 159 Å². The molecule has 0 unspecified atom stereocenters. The Kier molecular flexibility index (Phi) is 5.70. The fraction of sp³-hybridized carbons (Fsp3) is 0.500. The molecule has 2 aromatic rings. The maximum Gasteiger partial charge on any atom is 0.332 e. The van der Waals surface area contributed by atoms with Crippen molar-refractivity contribution in [3.05, 3.63) is 55.7 Å². The molecule has 7 nitrogen and oxygen atoms in total. The average molecular weight is 372 g/mol. The van der Waals surface area contributed by atoms with Gasteiger partial charge in [-0.1, -0.05) is 30.7 Å². The van der Waals surface area contributed by atoms with Crippen molar-refractivity contribution < 1.29 is 4.74 Å². The first-order valence-corrected chi connectivity index (χ1v) is 9.46. The van der Waals surface area contributed by atoms with Crippen LogP contribution >= 0.6 is 0 Å². The first-order valence-electron chi connectivity index (χ1n) is 9.46. The SMILES string of the molecule is CCCn1c(N)c(N2CCOCC2)c(=O)n(Cc2cc(C)ccc2C)c1=O. The van der Waals surface area contributed by atoms with E-state index in [0.29, 0.717) is 38.5 Å². The molecule has 1 aliphatic rings. The molecule has 7 heteroatoms. The number of hydrogen-bond acceptors (Lipinski definition) is 5. The molecule has 0 spiro atoms. The number of aromatic nitrogens is 2. The van der Waals surface area contributed by atoms with Crippen molar-refractivity contribution in [3.63, 3.8) is 0 Å². The molecule has 0 aliphatic carbocycles. The molecule has 1 aromatic carbocycles. The fourth-order valence-corrected chi connectivity index (χ4v) is 3.51. The summed E-state index contributed by atoms with van der Waals surface area (Å²) in [5.41, 5.74) is 9.14. The number of rotatable bonds is 5. The van der Waals surface area contributed by atoms with Crippen LogP contribution in [0.15, 0.2) is 27.8 Å². The summed E-state index contributed by atoms with van der Waals surface area (Å²) in [5.74, 6) is 0.256. The molecule has 0 saturated carbocycles. The Morgan fingerprint density at radius 3 is 2.48 bits per heavy atom. The van der Waals surface area contributed by atoms with Crippen LogP contribution in [0, 0.1) is 13.8 Å². The Hall–Kier alpha value is -2.54. The summed E-state index contributed by atoms with van der Waals surface area (Å²) in [5, 5.41) is 0. The number of anilines is 2. The molecule has 1 aromatic heterocycles. The molecule has 3 rings (SSSR count). The number of nitrogen functional groups attached to an aromatic ring is 1. The van der Waals surface area contributed by atoms with Crippen molar-refractivity contribution in [2.24, 2.45) is 0 Å². The van der Waals surface area contributed by atoms with Gasteiger partial charge in [-0.3, -0.25) is 13.9 Å². The fourth-order valence-electron chi connectivity index (χ4n) is 3.51. The molecule has 27 heavy (non-hydrogen) atoms. The third-order valence-corrected chi connectivity index (χ3v) is 5.05. The third kappa shape index (κ3) is 3.78. The normalized spacial score (nSPS) is 14.6. The van der Waals surface area contributed by atoms with Crippen molar-refractivity contribution in [1.82, 2.24) is 9.13 Å².